The second kappa shape index (κ2) is 11.0. The molecule has 2 aromatic carbocycles. The number of nitrogens with zero attached hydrogens (tertiary/aromatic N) is 6. The number of esters is 1. The van der Waals surface area contributed by atoms with Crippen molar-refractivity contribution in [2.45, 2.75) is 51.6 Å². The van der Waals surface area contributed by atoms with Crippen LogP contribution in [0.15, 0.2) is 60.9 Å². The van der Waals surface area contributed by atoms with E-state index in [1.54, 1.807) is 25.3 Å². The SMILES string of the molecule is CCOC(=O)c1cccc(COc2ccc(-c3cnc4c(-c5nnn[nH]5)cnn4c3C3CCCCC3)cc2)c1. The second-order valence-electron chi connectivity index (χ2n) is 9.67. The molecule has 0 unspecified atom stereocenters. The molecule has 198 valence electrons. The summed E-state index contributed by atoms with van der Waals surface area (Å²) in [6.07, 6.45) is 9.63. The number of hydrogen-bond donors (Lipinski definition) is 1. The molecule has 5 aromatic rings. The van der Waals surface area contributed by atoms with E-state index in [0.717, 1.165) is 46.5 Å². The van der Waals surface area contributed by atoms with Crippen LogP contribution in [0.2, 0.25) is 0 Å². The van der Waals surface area contributed by atoms with Crippen molar-refractivity contribution in [3.8, 4) is 28.3 Å². The van der Waals surface area contributed by atoms with Crippen molar-refractivity contribution >= 4 is 11.6 Å². The normalized spacial score (nSPS) is 14.0. The summed E-state index contributed by atoms with van der Waals surface area (Å²) in [7, 11) is 0. The average molecular weight is 524 g/mol. The number of H-pyrrole nitrogens is 1. The number of carbonyl (C=O) groups is 1. The third kappa shape index (κ3) is 5.09. The number of aromatic nitrogens is 7. The maximum Gasteiger partial charge on any atom is 0.338 e. The number of hydrogen-bond acceptors (Lipinski definition) is 8. The van der Waals surface area contributed by atoms with Crippen molar-refractivity contribution in [1.29, 1.82) is 0 Å². The minimum absolute atomic E-state index is 0.329. The van der Waals surface area contributed by atoms with Crippen LogP contribution < -0.4 is 4.74 Å². The predicted molar refractivity (Wildman–Crippen MR) is 144 cm³/mol. The van der Waals surface area contributed by atoms with Gasteiger partial charge in [-0.2, -0.15) is 5.10 Å². The maximum atomic E-state index is 12.0. The van der Waals surface area contributed by atoms with E-state index in [0.29, 0.717) is 30.5 Å². The molecule has 1 aliphatic rings. The van der Waals surface area contributed by atoms with E-state index in [9.17, 15) is 4.79 Å². The molecule has 0 saturated heterocycles. The number of benzene rings is 2. The summed E-state index contributed by atoms with van der Waals surface area (Å²) < 4.78 is 13.1. The van der Waals surface area contributed by atoms with E-state index in [-0.39, 0.29) is 5.97 Å². The Kier molecular flexibility index (Phi) is 6.99. The highest BCUT2D eigenvalue weighted by atomic mass is 16.5. The van der Waals surface area contributed by atoms with Gasteiger partial charge in [0.2, 0.25) is 0 Å². The third-order valence-electron chi connectivity index (χ3n) is 7.17. The minimum atomic E-state index is -0.329. The van der Waals surface area contributed by atoms with Crippen LogP contribution in [0.5, 0.6) is 5.75 Å². The van der Waals surface area contributed by atoms with Crippen molar-refractivity contribution in [3.63, 3.8) is 0 Å². The minimum Gasteiger partial charge on any atom is -0.489 e. The molecule has 1 saturated carbocycles. The zero-order valence-electron chi connectivity index (χ0n) is 21.7. The van der Waals surface area contributed by atoms with Gasteiger partial charge >= 0.3 is 5.97 Å². The molecule has 0 bridgehead atoms. The van der Waals surface area contributed by atoms with Crippen LogP contribution in [-0.4, -0.2) is 47.8 Å². The second-order valence-corrected chi connectivity index (χ2v) is 9.67. The Labute approximate surface area is 225 Å². The van der Waals surface area contributed by atoms with Gasteiger partial charge < -0.3 is 9.47 Å². The van der Waals surface area contributed by atoms with Gasteiger partial charge in [0.1, 0.15) is 12.4 Å². The summed E-state index contributed by atoms with van der Waals surface area (Å²) in [4.78, 5) is 16.8. The van der Waals surface area contributed by atoms with Gasteiger partial charge in [0.05, 0.1) is 29.6 Å². The summed E-state index contributed by atoms with van der Waals surface area (Å²) in [5, 5.41) is 19.0. The lowest BCUT2D eigenvalue weighted by Gasteiger charge is -2.25. The molecule has 0 aliphatic heterocycles. The number of nitrogens with one attached hydrogen (secondary N) is 1. The molecular formula is C29H29N7O3. The fourth-order valence-corrected chi connectivity index (χ4v) is 5.28. The maximum absolute atomic E-state index is 12.0. The van der Waals surface area contributed by atoms with Crippen LogP contribution in [0.4, 0.5) is 0 Å². The van der Waals surface area contributed by atoms with E-state index in [2.05, 4.69) is 32.8 Å². The lowest BCUT2D eigenvalue weighted by atomic mass is 9.84. The molecule has 10 heteroatoms. The zero-order valence-corrected chi connectivity index (χ0v) is 21.7. The van der Waals surface area contributed by atoms with E-state index in [1.165, 1.54) is 25.0 Å². The molecule has 0 atom stereocenters. The highest BCUT2D eigenvalue weighted by Crippen LogP contribution is 2.39. The first-order valence-corrected chi connectivity index (χ1v) is 13.3. The van der Waals surface area contributed by atoms with Gasteiger partial charge in [0, 0.05) is 17.7 Å². The quantitative estimate of drug-likeness (QED) is 0.269. The number of fused-ring (bicyclic) bond motifs is 1. The number of carbonyl (C=O) groups excluding carboxylic acids is 1. The molecule has 6 rings (SSSR count). The molecule has 1 aliphatic carbocycles. The topological polar surface area (TPSA) is 120 Å². The largest absolute Gasteiger partial charge is 0.489 e. The van der Waals surface area contributed by atoms with Gasteiger partial charge in [-0.05, 0) is 65.6 Å². The Morgan fingerprint density at radius 1 is 1.05 bits per heavy atom. The smallest absolute Gasteiger partial charge is 0.338 e. The Balaban J connectivity index is 1.27. The van der Waals surface area contributed by atoms with Crippen LogP contribution in [0.3, 0.4) is 0 Å². The van der Waals surface area contributed by atoms with E-state index < -0.39 is 0 Å². The highest BCUT2D eigenvalue weighted by Gasteiger charge is 2.25. The standard InChI is InChI=1S/C29H29N7O3/c1-2-38-29(37)22-10-6-7-19(15-22)18-39-23-13-11-20(12-14-23)24-16-30-28-25(27-32-34-35-33-27)17-31-36(28)26(24)21-8-4-3-5-9-21/h6-7,10-17,21H,2-5,8-9,18H2,1H3,(H,32,33,34,35). The highest BCUT2D eigenvalue weighted by molar-refractivity contribution is 5.89. The van der Waals surface area contributed by atoms with Crippen molar-refractivity contribution in [1.82, 2.24) is 35.2 Å². The molecular weight excluding hydrogens is 494 g/mol. The average Bonchev–Trinajstić information content (AvgIpc) is 3.67. The van der Waals surface area contributed by atoms with Gasteiger partial charge in [-0.15, -0.1) is 5.10 Å². The molecule has 39 heavy (non-hydrogen) atoms. The van der Waals surface area contributed by atoms with Gasteiger partial charge in [-0.1, -0.05) is 43.5 Å². The lowest BCUT2D eigenvalue weighted by molar-refractivity contribution is 0.0526. The summed E-state index contributed by atoms with van der Waals surface area (Å²) >= 11 is 0. The Morgan fingerprint density at radius 2 is 1.90 bits per heavy atom. The number of tetrazole rings is 1. The molecule has 0 spiro atoms. The molecule has 3 heterocycles. The first-order chi connectivity index (χ1) is 19.2. The fraction of sp³-hybridized carbons (Fsp3) is 0.310. The molecule has 1 N–H and O–H groups in total. The number of rotatable bonds is 8. The van der Waals surface area contributed by atoms with E-state index in [1.807, 2.05) is 35.0 Å². The van der Waals surface area contributed by atoms with Gasteiger partial charge in [0.25, 0.3) is 0 Å². The molecule has 0 amide bonds. The van der Waals surface area contributed by atoms with Crippen LogP contribution in [0, 0.1) is 0 Å². The van der Waals surface area contributed by atoms with Crippen LogP contribution in [0.25, 0.3) is 28.2 Å². The van der Waals surface area contributed by atoms with Crippen molar-refractivity contribution in [3.05, 3.63) is 77.7 Å². The number of ether oxygens (including phenoxy) is 2. The first kappa shape index (κ1) is 24.7. The van der Waals surface area contributed by atoms with Crippen LogP contribution in [0.1, 0.15) is 66.6 Å². The van der Waals surface area contributed by atoms with Crippen LogP contribution >= 0.6 is 0 Å². The van der Waals surface area contributed by atoms with Crippen molar-refractivity contribution in [2.75, 3.05) is 6.61 Å². The predicted octanol–water partition coefficient (Wildman–Crippen LogP) is 5.38. The van der Waals surface area contributed by atoms with Crippen LogP contribution in [-0.2, 0) is 11.3 Å². The molecule has 10 nitrogen and oxygen atoms in total. The van der Waals surface area contributed by atoms with E-state index >= 15 is 0 Å². The summed E-state index contributed by atoms with van der Waals surface area (Å²) in [6.45, 7) is 2.49. The molecule has 1 fully saturated rings. The van der Waals surface area contributed by atoms with Crippen molar-refractivity contribution < 1.29 is 14.3 Å². The molecule has 0 radical (unpaired) electrons. The molecule has 3 aromatic heterocycles. The first-order valence-electron chi connectivity index (χ1n) is 13.3. The summed E-state index contributed by atoms with van der Waals surface area (Å²) in [6, 6.07) is 15.4. The monoisotopic (exact) mass is 523 g/mol. The Hall–Kier alpha value is -4.60. The third-order valence-corrected chi connectivity index (χ3v) is 7.17. The Morgan fingerprint density at radius 3 is 2.67 bits per heavy atom. The Bertz CT molecular complexity index is 1570. The summed E-state index contributed by atoms with van der Waals surface area (Å²) in [5.41, 5.74) is 6.22. The number of aromatic amines is 1. The van der Waals surface area contributed by atoms with E-state index in [4.69, 9.17) is 19.6 Å². The van der Waals surface area contributed by atoms with Crippen molar-refractivity contribution in [2.24, 2.45) is 0 Å². The summed E-state index contributed by atoms with van der Waals surface area (Å²) in [5.74, 6) is 1.36. The van der Waals surface area contributed by atoms with Gasteiger partial charge in [0.15, 0.2) is 11.5 Å². The van der Waals surface area contributed by atoms with Gasteiger partial charge in [-0.25, -0.2) is 19.4 Å². The zero-order chi connectivity index (χ0) is 26.6. The fourth-order valence-electron chi connectivity index (χ4n) is 5.28. The lowest BCUT2D eigenvalue weighted by Crippen LogP contribution is -2.12. The van der Waals surface area contributed by atoms with Gasteiger partial charge in [-0.3, -0.25) is 0 Å².